The van der Waals surface area contributed by atoms with E-state index in [1.807, 2.05) is 19.1 Å². The molecule has 0 amide bonds. The third-order valence-electron chi connectivity index (χ3n) is 2.12. The molecular formula is C10H15NO3. The molecule has 1 aromatic rings. The standard InChI is InChI=1S/C10H15NO3/c1-7(10(12)13)6-11-8(2)9-4-3-5-14-9/h3-5,7-8,11H,6H2,1-2H3,(H,12,13)/t7?,8-/m0/s1. The van der Waals surface area contributed by atoms with Gasteiger partial charge in [-0.05, 0) is 19.1 Å². The van der Waals surface area contributed by atoms with Crippen LogP contribution in [0.5, 0.6) is 0 Å². The Balaban J connectivity index is 2.35. The van der Waals surface area contributed by atoms with E-state index in [-0.39, 0.29) is 12.0 Å². The number of nitrogens with one attached hydrogen (secondary N) is 1. The van der Waals surface area contributed by atoms with Crippen LogP contribution in [0.3, 0.4) is 0 Å². The van der Waals surface area contributed by atoms with Crippen molar-refractivity contribution in [2.24, 2.45) is 5.92 Å². The molecule has 0 radical (unpaired) electrons. The van der Waals surface area contributed by atoms with Gasteiger partial charge in [0, 0.05) is 6.54 Å². The molecule has 14 heavy (non-hydrogen) atoms. The predicted octanol–water partition coefficient (Wildman–Crippen LogP) is 1.65. The van der Waals surface area contributed by atoms with Gasteiger partial charge in [0.15, 0.2) is 0 Å². The van der Waals surface area contributed by atoms with E-state index < -0.39 is 5.97 Å². The second-order valence-corrected chi connectivity index (χ2v) is 3.38. The third kappa shape index (κ3) is 2.88. The van der Waals surface area contributed by atoms with Gasteiger partial charge in [-0.25, -0.2) is 0 Å². The van der Waals surface area contributed by atoms with Crippen LogP contribution in [0.1, 0.15) is 25.6 Å². The number of rotatable bonds is 5. The maximum absolute atomic E-state index is 10.5. The molecule has 1 rings (SSSR count). The summed E-state index contributed by atoms with van der Waals surface area (Å²) < 4.78 is 5.18. The van der Waals surface area contributed by atoms with E-state index in [1.54, 1.807) is 13.2 Å². The minimum Gasteiger partial charge on any atom is -0.481 e. The first kappa shape index (κ1) is 10.8. The molecule has 0 fully saturated rings. The van der Waals surface area contributed by atoms with Gasteiger partial charge in [-0.1, -0.05) is 6.92 Å². The SMILES string of the molecule is CC(CN[C@@H](C)c1ccco1)C(=O)O. The van der Waals surface area contributed by atoms with Crippen LogP contribution < -0.4 is 5.32 Å². The number of carboxylic acids is 1. The van der Waals surface area contributed by atoms with Crippen molar-refractivity contribution in [3.8, 4) is 0 Å². The van der Waals surface area contributed by atoms with Gasteiger partial charge >= 0.3 is 5.97 Å². The number of carboxylic acid groups (broad SMARTS) is 1. The highest BCUT2D eigenvalue weighted by molar-refractivity contribution is 5.69. The van der Waals surface area contributed by atoms with Crippen molar-refractivity contribution in [1.29, 1.82) is 0 Å². The summed E-state index contributed by atoms with van der Waals surface area (Å²) >= 11 is 0. The predicted molar refractivity (Wildman–Crippen MR) is 51.9 cm³/mol. The van der Waals surface area contributed by atoms with Crippen molar-refractivity contribution >= 4 is 5.97 Å². The Labute approximate surface area is 82.9 Å². The minimum atomic E-state index is -0.788. The Morgan fingerprint density at radius 2 is 2.36 bits per heavy atom. The third-order valence-corrected chi connectivity index (χ3v) is 2.12. The van der Waals surface area contributed by atoms with Crippen LogP contribution in [-0.4, -0.2) is 17.6 Å². The second-order valence-electron chi connectivity index (χ2n) is 3.38. The number of furan rings is 1. The van der Waals surface area contributed by atoms with Gasteiger partial charge in [-0.2, -0.15) is 0 Å². The van der Waals surface area contributed by atoms with Gasteiger partial charge in [-0.3, -0.25) is 4.79 Å². The molecule has 0 saturated heterocycles. The zero-order chi connectivity index (χ0) is 10.6. The lowest BCUT2D eigenvalue weighted by Crippen LogP contribution is -2.28. The van der Waals surface area contributed by atoms with Crippen molar-refractivity contribution < 1.29 is 14.3 Å². The Kier molecular flexibility index (Phi) is 3.71. The van der Waals surface area contributed by atoms with Crippen LogP contribution in [0.25, 0.3) is 0 Å². The monoisotopic (exact) mass is 197 g/mol. The molecule has 1 heterocycles. The summed E-state index contributed by atoms with van der Waals surface area (Å²) in [6.45, 7) is 4.05. The number of carbonyl (C=O) groups is 1. The molecule has 4 nitrogen and oxygen atoms in total. The van der Waals surface area contributed by atoms with Gasteiger partial charge in [0.05, 0.1) is 18.2 Å². The van der Waals surface area contributed by atoms with Gasteiger partial charge in [-0.15, -0.1) is 0 Å². The highest BCUT2D eigenvalue weighted by Gasteiger charge is 2.13. The topological polar surface area (TPSA) is 62.5 Å². The van der Waals surface area contributed by atoms with Crippen molar-refractivity contribution in [3.05, 3.63) is 24.2 Å². The average molecular weight is 197 g/mol. The van der Waals surface area contributed by atoms with E-state index in [2.05, 4.69) is 5.32 Å². The summed E-state index contributed by atoms with van der Waals surface area (Å²) in [4.78, 5) is 10.5. The summed E-state index contributed by atoms with van der Waals surface area (Å²) in [5, 5.41) is 11.8. The van der Waals surface area contributed by atoms with E-state index >= 15 is 0 Å². The molecule has 0 aliphatic carbocycles. The Morgan fingerprint density at radius 3 is 2.86 bits per heavy atom. The molecule has 1 unspecified atom stereocenters. The Hall–Kier alpha value is -1.29. The fourth-order valence-corrected chi connectivity index (χ4v) is 1.08. The molecule has 0 aromatic carbocycles. The molecule has 0 aliphatic rings. The summed E-state index contributed by atoms with van der Waals surface area (Å²) in [6, 6.07) is 3.73. The average Bonchev–Trinajstić information content (AvgIpc) is 2.66. The molecule has 0 spiro atoms. The smallest absolute Gasteiger partial charge is 0.307 e. The summed E-state index contributed by atoms with van der Waals surface area (Å²) in [7, 11) is 0. The Bertz CT molecular complexity index is 282. The first-order valence-corrected chi connectivity index (χ1v) is 4.61. The van der Waals surface area contributed by atoms with E-state index in [4.69, 9.17) is 9.52 Å². The number of hydrogen-bond donors (Lipinski definition) is 2. The molecular weight excluding hydrogens is 182 g/mol. The quantitative estimate of drug-likeness (QED) is 0.753. The molecule has 0 aliphatic heterocycles. The van der Waals surface area contributed by atoms with Crippen molar-refractivity contribution in [2.45, 2.75) is 19.9 Å². The fourth-order valence-electron chi connectivity index (χ4n) is 1.08. The van der Waals surface area contributed by atoms with Crippen LogP contribution in [0.15, 0.2) is 22.8 Å². The molecule has 2 atom stereocenters. The highest BCUT2D eigenvalue weighted by atomic mass is 16.4. The van der Waals surface area contributed by atoms with E-state index in [0.717, 1.165) is 5.76 Å². The summed E-state index contributed by atoms with van der Waals surface area (Å²) in [5.74, 6) is -0.348. The van der Waals surface area contributed by atoms with Gasteiger partial charge in [0.1, 0.15) is 5.76 Å². The van der Waals surface area contributed by atoms with Gasteiger partial charge in [0.25, 0.3) is 0 Å². The van der Waals surface area contributed by atoms with E-state index in [1.165, 1.54) is 0 Å². The zero-order valence-corrected chi connectivity index (χ0v) is 8.36. The first-order valence-electron chi connectivity index (χ1n) is 4.61. The molecule has 0 saturated carbocycles. The fraction of sp³-hybridized carbons (Fsp3) is 0.500. The normalized spacial score (nSPS) is 15.0. The zero-order valence-electron chi connectivity index (χ0n) is 8.36. The van der Waals surface area contributed by atoms with Crippen LogP contribution >= 0.6 is 0 Å². The van der Waals surface area contributed by atoms with Gasteiger partial charge < -0.3 is 14.8 Å². The lowest BCUT2D eigenvalue weighted by molar-refractivity contribution is -0.141. The molecule has 2 N–H and O–H groups in total. The molecule has 78 valence electrons. The lowest BCUT2D eigenvalue weighted by atomic mass is 10.1. The van der Waals surface area contributed by atoms with Gasteiger partial charge in [0.2, 0.25) is 0 Å². The van der Waals surface area contributed by atoms with Crippen LogP contribution in [0.4, 0.5) is 0 Å². The first-order chi connectivity index (χ1) is 6.61. The summed E-state index contributed by atoms with van der Waals surface area (Å²) in [5.41, 5.74) is 0. The van der Waals surface area contributed by atoms with Crippen LogP contribution in [0.2, 0.25) is 0 Å². The minimum absolute atomic E-state index is 0.0480. The number of aliphatic carboxylic acids is 1. The second kappa shape index (κ2) is 4.81. The molecule has 0 bridgehead atoms. The molecule has 1 aromatic heterocycles. The van der Waals surface area contributed by atoms with E-state index in [0.29, 0.717) is 6.54 Å². The van der Waals surface area contributed by atoms with E-state index in [9.17, 15) is 4.79 Å². The number of hydrogen-bond acceptors (Lipinski definition) is 3. The van der Waals surface area contributed by atoms with Crippen molar-refractivity contribution in [1.82, 2.24) is 5.32 Å². The summed E-state index contributed by atoms with van der Waals surface area (Å²) in [6.07, 6.45) is 1.61. The van der Waals surface area contributed by atoms with Crippen molar-refractivity contribution in [3.63, 3.8) is 0 Å². The largest absolute Gasteiger partial charge is 0.481 e. The van der Waals surface area contributed by atoms with Crippen molar-refractivity contribution in [2.75, 3.05) is 6.54 Å². The highest BCUT2D eigenvalue weighted by Crippen LogP contribution is 2.12. The maximum atomic E-state index is 10.5. The molecule has 4 heteroatoms. The van der Waals surface area contributed by atoms with Crippen LogP contribution in [-0.2, 0) is 4.79 Å². The lowest BCUT2D eigenvalue weighted by Gasteiger charge is -2.13. The van der Waals surface area contributed by atoms with Crippen LogP contribution in [0, 0.1) is 5.92 Å². The Morgan fingerprint density at radius 1 is 1.64 bits per heavy atom. The maximum Gasteiger partial charge on any atom is 0.307 e.